The predicted molar refractivity (Wildman–Crippen MR) is 85.1 cm³/mol. The molecule has 0 heterocycles. The van der Waals surface area contributed by atoms with Crippen molar-refractivity contribution in [2.24, 2.45) is 0 Å². The normalized spacial score (nSPS) is 10.2. The fourth-order valence-corrected chi connectivity index (χ4v) is 2.28. The highest BCUT2D eigenvalue weighted by atomic mass is 35.5. The van der Waals surface area contributed by atoms with Gasteiger partial charge in [0.15, 0.2) is 6.61 Å². The van der Waals surface area contributed by atoms with Crippen molar-refractivity contribution in [2.75, 3.05) is 13.2 Å². The second-order valence-corrected chi connectivity index (χ2v) is 5.28. The third kappa shape index (κ3) is 5.29. The molecule has 0 aromatic heterocycles. The molecular weight excluding hydrogens is 309 g/mol. The molecule has 110 valence electrons. The third-order valence-corrected chi connectivity index (χ3v) is 3.43. The SMILES string of the molecule is O=C(COc1ccccc1)NCCc1ccc(Cl)cc1Cl. The van der Waals surface area contributed by atoms with Crippen molar-refractivity contribution in [3.8, 4) is 5.75 Å². The molecule has 21 heavy (non-hydrogen) atoms. The van der Waals surface area contributed by atoms with Crippen molar-refractivity contribution >= 4 is 29.1 Å². The summed E-state index contributed by atoms with van der Waals surface area (Å²) in [7, 11) is 0. The number of carbonyl (C=O) groups is 1. The summed E-state index contributed by atoms with van der Waals surface area (Å²) in [4.78, 5) is 11.7. The fourth-order valence-electron chi connectivity index (χ4n) is 1.78. The van der Waals surface area contributed by atoms with Crippen LogP contribution in [0, 0.1) is 0 Å². The molecule has 1 N–H and O–H groups in total. The molecule has 0 unspecified atom stereocenters. The van der Waals surface area contributed by atoms with Gasteiger partial charge in [0.1, 0.15) is 5.75 Å². The monoisotopic (exact) mass is 323 g/mol. The highest BCUT2D eigenvalue weighted by molar-refractivity contribution is 6.35. The Balaban J connectivity index is 1.72. The molecule has 2 rings (SSSR count). The fraction of sp³-hybridized carbons (Fsp3) is 0.188. The second-order valence-electron chi connectivity index (χ2n) is 4.44. The molecular formula is C16H15Cl2NO2. The lowest BCUT2D eigenvalue weighted by Crippen LogP contribution is -2.30. The maximum absolute atomic E-state index is 11.7. The minimum Gasteiger partial charge on any atom is -0.484 e. The third-order valence-electron chi connectivity index (χ3n) is 2.84. The molecule has 0 aliphatic heterocycles. The minimum atomic E-state index is -0.163. The van der Waals surface area contributed by atoms with E-state index in [1.807, 2.05) is 24.3 Å². The van der Waals surface area contributed by atoms with Crippen LogP contribution in [0.5, 0.6) is 5.75 Å². The van der Waals surface area contributed by atoms with Crippen LogP contribution in [0.25, 0.3) is 0 Å². The highest BCUT2D eigenvalue weighted by Crippen LogP contribution is 2.21. The molecule has 0 saturated carbocycles. The molecule has 5 heteroatoms. The molecule has 0 aliphatic carbocycles. The zero-order valence-corrected chi connectivity index (χ0v) is 12.8. The van der Waals surface area contributed by atoms with Crippen LogP contribution in [0.15, 0.2) is 48.5 Å². The smallest absolute Gasteiger partial charge is 0.257 e. The lowest BCUT2D eigenvalue weighted by atomic mass is 10.1. The summed E-state index contributed by atoms with van der Waals surface area (Å²) < 4.78 is 5.35. The lowest BCUT2D eigenvalue weighted by Gasteiger charge is -2.08. The maximum atomic E-state index is 11.7. The lowest BCUT2D eigenvalue weighted by molar-refractivity contribution is -0.123. The first kappa shape index (κ1) is 15.7. The largest absolute Gasteiger partial charge is 0.484 e. The van der Waals surface area contributed by atoms with E-state index in [-0.39, 0.29) is 12.5 Å². The first-order valence-electron chi connectivity index (χ1n) is 6.53. The molecule has 0 atom stereocenters. The number of hydrogen-bond donors (Lipinski definition) is 1. The van der Waals surface area contributed by atoms with Gasteiger partial charge in [0.05, 0.1) is 0 Å². The van der Waals surface area contributed by atoms with Crippen LogP contribution in [0.4, 0.5) is 0 Å². The van der Waals surface area contributed by atoms with Crippen LogP contribution in [-0.2, 0) is 11.2 Å². The van der Waals surface area contributed by atoms with E-state index in [4.69, 9.17) is 27.9 Å². The molecule has 0 bridgehead atoms. The molecule has 0 radical (unpaired) electrons. The Bertz CT molecular complexity index is 602. The van der Waals surface area contributed by atoms with Crippen LogP contribution in [0.1, 0.15) is 5.56 Å². The Morgan fingerprint density at radius 1 is 1.10 bits per heavy atom. The van der Waals surface area contributed by atoms with E-state index in [1.165, 1.54) is 0 Å². The zero-order chi connectivity index (χ0) is 15.1. The van der Waals surface area contributed by atoms with Crippen LogP contribution in [-0.4, -0.2) is 19.1 Å². The van der Waals surface area contributed by atoms with Crippen molar-refractivity contribution in [3.05, 3.63) is 64.1 Å². The summed E-state index contributed by atoms with van der Waals surface area (Å²) in [5.74, 6) is 0.511. The van der Waals surface area contributed by atoms with Crippen molar-refractivity contribution in [1.82, 2.24) is 5.32 Å². The summed E-state index contributed by atoms with van der Waals surface area (Å²) in [6.07, 6.45) is 0.646. The molecule has 2 aromatic rings. The Morgan fingerprint density at radius 3 is 2.57 bits per heavy atom. The van der Waals surface area contributed by atoms with E-state index in [0.717, 1.165) is 5.56 Å². The number of para-hydroxylation sites is 1. The van der Waals surface area contributed by atoms with Crippen molar-refractivity contribution in [3.63, 3.8) is 0 Å². The Morgan fingerprint density at radius 2 is 1.86 bits per heavy atom. The van der Waals surface area contributed by atoms with Crippen molar-refractivity contribution in [2.45, 2.75) is 6.42 Å². The molecule has 3 nitrogen and oxygen atoms in total. The van der Waals surface area contributed by atoms with Crippen LogP contribution >= 0.6 is 23.2 Å². The van der Waals surface area contributed by atoms with Gasteiger partial charge in [-0.25, -0.2) is 0 Å². The van der Waals surface area contributed by atoms with Gasteiger partial charge in [-0.1, -0.05) is 47.5 Å². The van der Waals surface area contributed by atoms with Gasteiger partial charge in [-0.15, -0.1) is 0 Å². The number of ether oxygens (including phenoxy) is 1. The van der Waals surface area contributed by atoms with Crippen LogP contribution in [0.2, 0.25) is 10.0 Å². The molecule has 0 saturated heterocycles. The van der Waals surface area contributed by atoms with Crippen molar-refractivity contribution < 1.29 is 9.53 Å². The van der Waals surface area contributed by atoms with E-state index in [0.29, 0.717) is 28.8 Å². The van der Waals surface area contributed by atoms with E-state index < -0.39 is 0 Å². The van der Waals surface area contributed by atoms with Gasteiger partial charge >= 0.3 is 0 Å². The summed E-state index contributed by atoms with van der Waals surface area (Å²) in [6, 6.07) is 14.6. The first-order chi connectivity index (χ1) is 10.1. The van der Waals surface area contributed by atoms with Gasteiger partial charge in [-0.3, -0.25) is 4.79 Å². The van der Waals surface area contributed by atoms with E-state index >= 15 is 0 Å². The quantitative estimate of drug-likeness (QED) is 0.879. The van der Waals surface area contributed by atoms with Crippen molar-refractivity contribution in [1.29, 1.82) is 0 Å². The highest BCUT2D eigenvalue weighted by Gasteiger charge is 2.04. The average Bonchev–Trinajstić information content (AvgIpc) is 2.48. The van der Waals surface area contributed by atoms with E-state index in [1.54, 1.807) is 24.3 Å². The Kier molecular flexibility index (Phi) is 5.90. The van der Waals surface area contributed by atoms with Gasteiger partial charge in [-0.05, 0) is 36.2 Å². The number of benzene rings is 2. The van der Waals surface area contributed by atoms with Crippen LogP contribution in [0.3, 0.4) is 0 Å². The first-order valence-corrected chi connectivity index (χ1v) is 7.29. The molecule has 0 spiro atoms. The number of nitrogens with one attached hydrogen (secondary N) is 1. The topological polar surface area (TPSA) is 38.3 Å². The summed E-state index contributed by atoms with van der Waals surface area (Å²) in [6.45, 7) is 0.497. The van der Waals surface area contributed by atoms with E-state index in [2.05, 4.69) is 5.32 Å². The second kappa shape index (κ2) is 7.91. The molecule has 1 amide bonds. The number of amides is 1. The van der Waals surface area contributed by atoms with Gasteiger partial charge < -0.3 is 10.1 Å². The molecule has 2 aromatic carbocycles. The summed E-state index contributed by atoms with van der Waals surface area (Å²) in [5.41, 5.74) is 0.949. The summed E-state index contributed by atoms with van der Waals surface area (Å²) >= 11 is 11.9. The van der Waals surface area contributed by atoms with Crippen LogP contribution < -0.4 is 10.1 Å². The summed E-state index contributed by atoms with van der Waals surface area (Å²) in [5, 5.41) is 4.00. The van der Waals surface area contributed by atoms with Gasteiger partial charge in [0, 0.05) is 16.6 Å². The number of rotatable bonds is 6. The molecule has 0 aliphatic rings. The van der Waals surface area contributed by atoms with Gasteiger partial charge in [-0.2, -0.15) is 0 Å². The van der Waals surface area contributed by atoms with E-state index in [9.17, 15) is 4.79 Å². The van der Waals surface area contributed by atoms with Gasteiger partial charge in [0.2, 0.25) is 0 Å². The molecule has 0 fully saturated rings. The number of carbonyl (C=O) groups excluding carboxylic acids is 1. The number of halogens is 2. The standard InChI is InChI=1S/C16H15Cl2NO2/c17-13-7-6-12(15(18)10-13)8-9-19-16(20)11-21-14-4-2-1-3-5-14/h1-7,10H,8-9,11H2,(H,19,20). The Labute approximate surface area is 133 Å². The van der Waals surface area contributed by atoms with Gasteiger partial charge in [0.25, 0.3) is 5.91 Å². The Hall–Kier alpha value is -1.71. The average molecular weight is 324 g/mol. The minimum absolute atomic E-state index is 0.00162. The number of hydrogen-bond acceptors (Lipinski definition) is 2. The predicted octanol–water partition coefficient (Wildman–Crippen LogP) is 3.73. The maximum Gasteiger partial charge on any atom is 0.257 e. The zero-order valence-electron chi connectivity index (χ0n) is 11.3.